The molecule has 20 heavy (non-hydrogen) atoms. The van der Waals surface area contributed by atoms with Crippen LogP contribution in [0.2, 0.25) is 0 Å². The molecular formula is C14H13FN2O3. The maximum Gasteiger partial charge on any atom is 0.271 e. The van der Waals surface area contributed by atoms with Crippen molar-refractivity contribution in [3.05, 3.63) is 64.0 Å². The maximum absolute atomic E-state index is 13.5. The highest BCUT2D eigenvalue weighted by molar-refractivity contribution is 5.61. The predicted octanol–water partition coefficient (Wildman–Crippen LogP) is 3.35. The summed E-state index contributed by atoms with van der Waals surface area (Å²) in [6.45, 7) is 0.213. The van der Waals surface area contributed by atoms with E-state index in [9.17, 15) is 14.5 Å². The zero-order chi connectivity index (χ0) is 14.5. The fourth-order valence-corrected chi connectivity index (χ4v) is 1.78. The monoisotopic (exact) mass is 276 g/mol. The molecule has 104 valence electrons. The molecule has 0 saturated heterocycles. The standard InChI is InChI=1S/C14H13FN2O3/c1-20-14-7-6-11(17(18)19)8-13(14)16-9-10-4-2-3-5-12(10)15/h2-8,16H,9H2,1H3. The number of rotatable bonds is 5. The number of nitrogens with zero attached hydrogens (tertiary/aromatic N) is 1. The lowest BCUT2D eigenvalue weighted by Gasteiger charge is -2.11. The molecule has 6 heteroatoms. The SMILES string of the molecule is COc1ccc([N+](=O)[O-])cc1NCc1ccccc1F. The van der Waals surface area contributed by atoms with Crippen molar-refractivity contribution >= 4 is 11.4 Å². The van der Waals surface area contributed by atoms with Gasteiger partial charge in [0.2, 0.25) is 0 Å². The minimum Gasteiger partial charge on any atom is -0.495 e. The second-order valence-corrected chi connectivity index (χ2v) is 4.09. The van der Waals surface area contributed by atoms with Gasteiger partial charge in [0.25, 0.3) is 5.69 Å². The minimum atomic E-state index is -0.492. The van der Waals surface area contributed by atoms with Gasteiger partial charge < -0.3 is 10.1 Å². The molecule has 1 N–H and O–H groups in total. The fourth-order valence-electron chi connectivity index (χ4n) is 1.78. The van der Waals surface area contributed by atoms with Crippen molar-refractivity contribution in [2.75, 3.05) is 12.4 Å². The zero-order valence-corrected chi connectivity index (χ0v) is 10.8. The molecule has 0 saturated carbocycles. The van der Waals surface area contributed by atoms with Crippen LogP contribution in [0.4, 0.5) is 15.8 Å². The zero-order valence-electron chi connectivity index (χ0n) is 10.8. The van der Waals surface area contributed by atoms with Crippen molar-refractivity contribution in [1.29, 1.82) is 0 Å². The lowest BCUT2D eigenvalue weighted by Crippen LogP contribution is -2.03. The van der Waals surface area contributed by atoms with Crippen molar-refractivity contribution < 1.29 is 14.1 Å². The van der Waals surface area contributed by atoms with Crippen LogP contribution >= 0.6 is 0 Å². The number of benzene rings is 2. The van der Waals surface area contributed by atoms with Crippen molar-refractivity contribution in [3.8, 4) is 5.75 Å². The number of hydrogen-bond acceptors (Lipinski definition) is 4. The van der Waals surface area contributed by atoms with Crippen LogP contribution in [-0.2, 0) is 6.54 Å². The molecular weight excluding hydrogens is 263 g/mol. The number of nitro benzene ring substituents is 1. The molecule has 0 atom stereocenters. The van der Waals surface area contributed by atoms with Gasteiger partial charge in [-0.3, -0.25) is 10.1 Å². The Kier molecular flexibility index (Phi) is 4.14. The van der Waals surface area contributed by atoms with Gasteiger partial charge in [0.15, 0.2) is 0 Å². The lowest BCUT2D eigenvalue weighted by molar-refractivity contribution is -0.384. The van der Waals surface area contributed by atoms with Crippen LogP contribution < -0.4 is 10.1 Å². The van der Waals surface area contributed by atoms with Crippen LogP contribution in [0.5, 0.6) is 5.75 Å². The van der Waals surface area contributed by atoms with E-state index < -0.39 is 4.92 Å². The Morgan fingerprint density at radius 3 is 2.70 bits per heavy atom. The highest BCUT2D eigenvalue weighted by Gasteiger charge is 2.11. The summed E-state index contributed by atoms with van der Waals surface area (Å²) in [6.07, 6.45) is 0. The van der Waals surface area contributed by atoms with Crippen LogP contribution in [-0.4, -0.2) is 12.0 Å². The first-order valence-corrected chi connectivity index (χ1v) is 5.91. The van der Waals surface area contributed by atoms with Crippen molar-refractivity contribution in [2.45, 2.75) is 6.54 Å². The molecule has 0 unspecified atom stereocenters. The Bertz CT molecular complexity index is 632. The number of ether oxygens (including phenoxy) is 1. The lowest BCUT2D eigenvalue weighted by atomic mass is 10.2. The van der Waals surface area contributed by atoms with Gasteiger partial charge in [0.1, 0.15) is 11.6 Å². The molecule has 0 heterocycles. The summed E-state index contributed by atoms with van der Waals surface area (Å²) in [4.78, 5) is 10.3. The largest absolute Gasteiger partial charge is 0.495 e. The summed E-state index contributed by atoms with van der Waals surface area (Å²) in [5.74, 6) is 0.135. The average Bonchev–Trinajstić information content (AvgIpc) is 2.46. The van der Waals surface area contributed by atoms with Gasteiger partial charge in [-0.2, -0.15) is 0 Å². The van der Waals surface area contributed by atoms with Gasteiger partial charge in [0, 0.05) is 24.2 Å². The van der Waals surface area contributed by atoms with E-state index in [1.165, 1.54) is 31.4 Å². The van der Waals surface area contributed by atoms with Crippen molar-refractivity contribution in [1.82, 2.24) is 0 Å². The van der Waals surface area contributed by atoms with E-state index in [4.69, 9.17) is 4.74 Å². The van der Waals surface area contributed by atoms with Gasteiger partial charge >= 0.3 is 0 Å². The highest BCUT2D eigenvalue weighted by Crippen LogP contribution is 2.29. The van der Waals surface area contributed by atoms with E-state index in [0.717, 1.165) is 0 Å². The quantitative estimate of drug-likeness (QED) is 0.671. The Morgan fingerprint density at radius 1 is 1.30 bits per heavy atom. The Morgan fingerprint density at radius 2 is 2.05 bits per heavy atom. The van der Waals surface area contributed by atoms with Crippen molar-refractivity contribution in [2.24, 2.45) is 0 Å². The first kappa shape index (κ1) is 13.8. The molecule has 0 aliphatic carbocycles. The summed E-state index contributed by atoms with van der Waals surface area (Å²) < 4.78 is 18.6. The van der Waals surface area contributed by atoms with E-state index in [-0.39, 0.29) is 18.0 Å². The normalized spacial score (nSPS) is 10.1. The summed E-state index contributed by atoms with van der Waals surface area (Å²) in [7, 11) is 1.47. The second kappa shape index (κ2) is 6.01. The van der Waals surface area contributed by atoms with Gasteiger partial charge in [-0.25, -0.2) is 4.39 Å². The van der Waals surface area contributed by atoms with E-state index in [0.29, 0.717) is 17.0 Å². The number of hydrogen-bond donors (Lipinski definition) is 1. The molecule has 0 radical (unpaired) electrons. The van der Waals surface area contributed by atoms with E-state index in [1.807, 2.05) is 0 Å². The molecule has 0 aliphatic heterocycles. The van der Waals surface area contributed by atoms with Gasteiger partial charge in [-0.05, 0) is 12.1 Å². The smallest absolute Gasteiger partial charge is 0.271 e. The second-order valence-electron chi connectivity index (χ2n) is 4.09. The van der Waals surface area contributed by atoms with Crippen LogP contribution in [0, 0.1) is 15.9 Å². The number of methoxy groups -OCH3 is 1. The number of anilines is 1. The Balaban J connectivity index is 2.22. The van der Waals surface area contributed by atoms with Crippen LogP contribution in [0.25, 0.3) is 0 Å². The summed E-state index contributed by atoms with van der Waals surface area (Å²) >= 11 is 0. The Hall–Kier alpha value is -2.63. The molecule has 0 spiro atoms. The molecule has 2 aromatic rings. The summed E-state index contributed by atoms with van der Waals surface area (Å²) in [6, 6.07) is 10.6. The summed E-state index contributed by atoms with van der Waals surface area (Å²) in [5, 5.41) is 13.7. The molecule has 2 aromatic carbocycles. The van der Waals surface area contributed by atoms with Gasteiger partial charge in [-0.15, -0.1) is 0 Å². The molecule has 2 rings (SSSR count). The number of nitro groups is 1. The first-order chi connectivity index (χ1) is 9.61. The average molecular weight is 276 g/mol. The van der Waals surface area contributed by atoms with Gasteiger partial charge in [-0.1, -0.05) is 18.2 Å². The van der Waals surface area contributed by atoms with E-state index >= 15 is 0 Å². The van der Waals surface area contributed by atoms with Crippen LogP contribution in [0.1, 0.15) is 5.56 Å². The molecule has 0 bridgehead atoms. The van der Waals surface area contributed by atoms with E-state index in [1.54, 1.807) is 18.2 Å². The number of nitrogens with one attached hydrogen (secondary N) is 1. The predicted molar refractivity (Wildman–Crippen MR) is 73.4 cm³/mol. The highest BCUT2D eigenvalue weighted by atomic mass is 19.1. The van der Waals surface area contributed by atoms with E-state index in [2.05, 4.69) is 5.32 Å². The molecule has 0 aromatic heterocycles. The topological polar surface area (TPSA) is 64.4 Å². The maximum atomic E-state index is 13.5. The van der Waals surface area contributed by atoms with Gasteiger partial charge in [0.05, 0.1) is 17.7 Å². The third-order valence-electron chi connectivity index (χ3n) is 2.82. The van der Waals surface area contributed by atoms with Crippen LogP contribution in [0.3, 0.4) is 0 Å². The number of non-ortho nitro benzene ring substituents is 1. The minimum absolute atomic E-state index is 0.0539. The molecule has 0 fully saturated rings. The third kappa shape index (κ3) is 3.03. The fraction of sp³-hybridized carbons (Fsp3) is 0.143. The summed E-state index contributed by atoms with van der Waals surface area (Å²) in [5.41, 5.74) is 0.868. The van der Waals surface area contributed by atoms with Crippen LogP contribution in [0.15, 0.2) is 42.5 Å². The van der Waals surface area contributed by atoms with Crippen molar-refractivity contribution in [3.63, 3.8) is 0 Å². The Labute approximate surface area is 115 Å². The molecule has 0 amide bonds. The molecule has 0 aliphatic rings. The first-order valence-electron chi connectivity index (χ1n) is 5.91. The molecule has 5 nitrogen and oxygen atoms in total. The third-order valence-corrected chi connectivity index (χ3v) is 2.82. The number of halogens is 1.